The second-order valence-corrected chi connectivity index (χ2v) is 13.9. The van der Waals surface area contributed by atoms with Crippen molar-refractivity contribution in [2.24, 2.45) is 10.7 Å². The largest absolute Gasteiger partial charge is 0.506 e. The molecule has 0 saturated heterocycles. The topological polar surface area (TPSA) is 140 Å². The Balaban J connectivity index is 1.86. The van der Waals surface area contributed by atoms with E-state index in [1.807, 2.05) is 19.1 Å². The van der Waals surface area contributed by atoms with Crippen LogP contribution >= 0.6 is 18.3 Å². The monoisotopic (exact) mass is 547 g/mol. The van der Waals surface area contributed by atoms with Gasteiger partial charge in [-0.15, -0.1) is 10.8 Å². The summed E-state index contributed by atoms with van der Waals surface area (Å²) in [4.78, 5) is 14.1. The minimum atomic E-state index is -3.90. The van der Waals surface area contributed by atoms with Crippen molar-refractivity contribution in [3.8, 4) is 0 Å². The number of nitrogens with one attached hydrogen (secondary N) is 2. The van der Waals surface area contributed by atoms with Crippen LogP contribution in [0.5, 0.6) is 0 Å². The molecule has 0 fully saturated rings. The van der Waals surface area contributed by atoms with Crippen molar-refractivity contribution in [1.82, 2.24) is 0 Å². The normalized spacial score (nSPS) is 23.8. The third kappa shape index (κ3) is 5.22. The van der Waals surface area contributed by atoms with Crippen LogP contribution in [-0.4, -0.2) is 38.7 Å². The molecule has 2 unspecified atom stereocenters. The molecule has 4 rings (SSSR count). The summed E-state index contributed by atoms with van der Waals surface area (Å²) >= 11 is 0. The van der Waals surface area contributed by atoms with Gasteiger partial charge in [-0.05, 0) is 56.4 Å². The first kappa shape index (κ1) is 27.4. The zero-order chi connectivity index (χ0) is 27.2. The molecule has 0 bridgehead atoms. The quantitative estimate of drug-likeness (QED) is 0.242. The van der Waals surface area contributed by atoms with Crippen molar-refractivity contribution in [1.29, 1.82) is 0 Å². The van der Waals surface area contributed by atoms with E-state index in [0.29, 0.717) is 29.3 Å². The second-order valence-electron chi connectivity index (χ2n) is 10.0. The Hall–Kier alpha value is -2.62. The van der Waals surface area contributed by atoms with Gasteiger partial charge in [0.2, 0.25) is 0 Å². The Morgan fingerprint density at radius 1 is 1.22 bits per heavy atom. The van der Waals surface area contributed by atoms with E-state index in [1.165, 1.54) is 12.3 Å². The predicted octanol–water partition coefficient (Wildman–Crippen LogP) is 6.32. The summed E-state index contributed by atoms with van der Waals surface area (Å²) in [6.07, 6.45) is 2.61. The maximum absolute atomic E-state index is 14.1. The minimum absolute atomic E-state index is 0.0162. The molecule has 0 aromatic heterocycles. The van der Waals surface area contributed by atoms with Gasteiger partial charge in [-0.1, -0.05) is 38.1 Å². The van der Waals surface area contributed by atoms with Gasteiger partial charge in [-0.3, -0.25) is 23.2 Å². The summed E-state index contributed by atoms with van der Waals surface area (Å²) in [5.41, 5.74) is 1.06. The van der Waals surface area contributed by atoms with E-state index in [1.54, 1.807) is 31.2 Å². The number of fused-ring (bicyclic) bond motifs is 2. The average Bonchev–Trinajstić information content (AvgIpc) is 2.81. The average molecular weight is 548 g/mol. The summed E-state index contributed by atoms with van der Waals surface area (Å²) in [7, 11) is -6.97. The standard InChI is InChI=1S/C26H34N3O6PS/c1-6-35-36(32)21-15-17(29-37(5,33)34)11-12-20(21)27-25(28-36)22-23(30)18-9-7-8-10-19(18)26(4,24(22)31)14-13-16(2)3/h7-12,15-16,29-30,33-34H,6,13-14H2,1-5H3,(H,27,28,32). The van der Waals surface area contributed by atoms with Gasteiger partial charge in [0.15, 0.2) is 5.78 Å². The van der Waals surface area contributed by atoms with E-state index in [-0.39, 0.29) is 34.9 Å². The van der Waals surface area contributed by atoms with E-state index in [4.69, 9.17) is 4.52 Å². The van der Waals surface area contributed by atoms with Gasteiger partial charge in [0.1, 0.15) is 17.2 Å². The van der Waals surface area contributed by atoms with Crippen LogP contribution in [0.25, 0.3) is 5.76 Å². The lowest BCUT2D eigenvalue weighted by molar-refractivity contribution is -0.120. The van der Waals surface area contributed by atoms with Gasteiger partial charge in [0.25, 0.3) is 0 Å². The molecule has 0 saturated carbocycles. The molecular formula is C26H34N3O6PS. The summed E-state index contributed by atoms with van der Waals surface area (Å²) in [5, 5.41) is 14.6. The molecule has 1 aliphatic heterocycles. The fraction of sp³-hybridized carbons (Fsp3) is 0.385. The highest BCUT2D eigenvalue weighted by molar-refractivity contribution is 8.24. The molecule has 0 radical (unpaired) electrons. The number of Topliss-reactive ketones (excluding diaryl/α,β-unsaturated/α-hetero) is 1. The first-order valence-electron chi connectivity index (χ1n) is 12.1. The Bertz CT molecular complexity index is 1350. The van der Waals surface area contributed by atoms with E-state index in [0.717, 1.165) is 12.0 Å². The maximum Gasteiger partial charge on any atom is 0.348 e. The molecule has 2 atom stereocenters. The highest BCUT2D eigenvalue weighted by Crippen LogP contribution is 2.54. The molecule has 1 aliphatic carbocycles. The molecular weight excluding hydrogens is 513 g/mol. The van der Waals surface area contributed by atoms with Crippen molar-refractivity contribution >= 4 is 52.4 Å². The summed E-state index contributed by atoms with van der Waals surface area (Å²) in [6.45, 7) is 7.84. The smallest absolute Gasteiger partial charge is 0.348 e. The van der Waals surface area contributed by atoms with Crippen molar-refractivity contribution in [3.05, 3.63) is 59.2 Å². The van der Waals surface area contributed by atoms with Crippen LogP contribution in [0, 0.1) is 5.92 Å². The third-order valence-electron chi connectivity index (χ3n) is 6.60. The van der Waals surface area contributed by atoms with Gasteiger partial charge in [0, 0.05) is 11.8 Å². The van der Waals surface area contributed by atoms with E-state index >= 15 is 0 Å². The first-order chi connectivity index (χ1) is 17.3. The van der Waals surface area contributed by atoms with Crippen LogP contribution < -0.4 is 15.3 Å². The van der Waals surface area contributed by atoms with Gasteiger partial charge in [-0.2, -0.15) is 4.76 Å². The van der Waals surface area contributed by atoms with Gasteiger partial charge < -0.3 is 14.9 Å². The van der Waals surface area contributed by atoms with Crippen molar-refractivity contribution in [2.45, 2.75) is 46.0 Å². The number of amidine groups is 1. The van der Waals surface area contributed by atoms with E-state index in [2.05, 4.69) is 28.6 Å². The Morgan fingerprint density at radius 3 is 2.57 bits per heavy atom. The zero-order valence-corrected chi connectivity index (χ0v) is 23.3. The number of nitrogens with zero attached hydrogens (tertiary/aromatic N) is 1. The number of carbonyl (C=O) groups is 1. The van der Waals surface area contributed by atoms with Crippen LogP contribution in [0.1, 0.15) is 51.7 Å². The van der Waals surface area contributed by atoms with Crippen LogP contribution in [0.4, 0.5) is 11.4 Å². The summed E-state index contributed by atoms with van der Waals surface area (Å²) in [6, 6.07) is 12.0. The van der Waals surface area contributed by atoms with Crippen LogP contribution in [0.3, 0.4) is 0 Å². The molecule has 0 amide bonds. The number of benzene rings is 2. The zero-order valence-electron chi connectivity index (χ0n) is 21.6. The Labute approximate surface area is 219 Å². The molecule has 37 heavy (non-hydrogen) atoms. The van der Waals surface area contributed by atoms with Crippen LogP contribution in [0.2, 0.25) is 0 Å². The number of ketones is 1. The van der Waals surface area contributed by atoms with Crippen molar-refractivity contribution in [3.63, 3.8) is 0 Å². The summed E-state index contributed by atoms with van der Waals surface area (Å²) in [5.74, 6) is -0.171. The number of hydrogen-bond acceptors (Lipinski definition) is 8. The number of aliphatic hydroxyl groups excluding tert-OH is 1. The highest BCUT2D eigenvalue weighted by atomic mass is 32.3. The maximum atomic E-state index is 14.1. The number of carbonyl (C=O) groups excluding carboxylic acids is 1. The van der Waals surface area contributed by atoms with Crippen LogP contribution in [-0.2, 0) is 19.3 Å². The van der Waals surface area contributed by atoms with Gasteiger partial charge in [-0.25, -0.2) is 0 Å². The van der Waals surface area contributed by atoms with Gasteiger partial charge >= 0.3 is 7.52 Å². The lowest BCUT2D eigenvalue weighted by Gasteiger charge is -2.37. The fourth-order valence-corrected chi connectivity index (χ4v) is 7.12. The van der Waals surface area contributed by atoms with Crippen molar-refractivity contribution < 1.29 is 28.1 Å². The molecule has 9 nitrogen and oxygen atoms in total. The lowest BCUT2D eigenvalue weighted by atomic mass is 9.66. The highest BCUT2D eigenvalue weighted by Gasteiger charge is 2.47. The molecule has 11 heteroatoms. The molecule has 2 aromatic carbocycles. The SMILES string of the molecule is CCOP1(=O)N=C(C2=C(O)c3ccccc3C(C)(CCC(C)C)C2=O)Nc2ccc(NS(C)(O)O)cc21. The Kier molecular flexibility index (Phi) is 7.35. The number of hydrogen-bond donors (Lipinski definition) is 5. The van der Waals surface area contributed by atoms with E-state index in [9.17, 15) is 23.6 Å². The Morgan fingerprint density at radius 2 is 1.92 bits per heavy atom. The van der Waals surface area contributed by atoms with E-state index < -0.39 is 23.7 Å². The predicted molar refractivity (Wildman–Crippen MR) is 151 cm³/mol. The molecule has 0 spiro atoms. The number of rotatable bonds is 8. The van der Waals surface area contributed by atoms with Crippen LogP contribution in [0.15, 0.2) is 52.8 Å². The lowest BCUT2D eigenvalue weighted by Crippen LogP contribution is -2.42. The molecule has 2 aromatic rings. The third-order valence-corrected chi connectivity index (χ3v) is 9.28. The molecule has 200 valence electrons. The minimum Gasteiger partial charge on any atom is -0.506 e. The fourth-order valence-electron chi connectivity index (χ4n) is 4.74. The number of aliphatic hydroxyl groups is 1. The van der Waals surface area contributed by atoms with Gasteiger partial charge in [0.05, 0.1) is 28.7 Å². The first-order valence-corrected chi connectivity index (χ1v) is 15.7. The van der Waals surface area contributed by atoms with Crippen molar-refractivity contribution in [2.75, 3.05) is 22.9 Å². The molecule has 1 heterocycles. The second kappa shape index (κ2) is 9.93. The number of anilines is 2. The molecule has 2 aliphatic rings. The summed E-state index contributed by atoms with van der Waals surface area (Å²) < 4.78 is 46.3. The molecule has 5 N–H and O–H groups in total.